The minimum Gasteiger partial charge on any atom is -0.456 e. The third-order valence-electron chi connectivity index (χ3n) is 4.94. The molecule has 0 bridgehead atoms. The molecule has 0 amide bonds. The lowest BCUT2D eigenvalue weighted by atomic mass is 9.95. The number of hydrogen-bond donors (Lipinski definition) is 0. The molecule has 0 aliphatic heterocycles. The second kappa shape index (κ2) is 7.67. The van der Waals surface area contributed by atoms with Crippen LogP contribution in [0.4, 0.5) is 13.2 Å². The van der Waals surface area contributed by atoms with Gasteiger partial charge in [0, 0.05) is 16.5 Å². The highest BCUT2D eigenvalue weighted by atomic mass is 19.4. The molecule has 0 aliphatic carbocycles. The summed E-state index contributed by atoms with van der Waals surface area (Å²) in [5.41, 5.74) is 1.20. The summed E-state index contributed by atoms with van der Waals surface area (Å²) in [6, 6.07) is 22.5. The second-order valence-electron chi connectivity index (χ2n) is 6.95. The Hall–Kier alpha value is -3.60. The maximum atomic E-state index is 13.4. The average Bonchev–Trinajstić information content (AvgIpc) is 2.73. The predicted molar refractivity (Wildman–Crippen MR) is 111 cm³/mol. The first-order valence-corrected chi connectivity index (χ1v) is 9.30. The molecular formula is C25H17F3O2. The average molecular weight is 406 g/mol. The van der Waals surface area contributed by atoms with E-state index in [1.807, 2.05) is 67.6 Å². The van der Waals surface area contributed by atoms with Crippen LogP contribution < -0.4 is 4.74 Å². The largest absolute Gasteiger partial charge is 0.456 e. The number of aldehydes is 1. The summed E-state index contributed by atoms with van der Waals surface area (Å²) in [7, 11) is 0. The van der Waals surface area contributed by atoms with Crippen molar-refractivity contribution >= 4 is 17.1 Å². The van der Waals surface area contributed by atoms with E-state index >= 15 is 0 Å². The summed E-state index contributed by atoms with van der Waals surface area (Å²) in [5.74, 6) is 0.490. The SMILES string of the molecule is Cc1cc2ccccc2c(Oc2ccc(C=O)c(C(F)(F)F)c2)c1-c1ccccc1. The van der Waals surface area contributed by atoms with Crippen LogP contribution >= 0.6 is 0 Å². The van der Waals surface area contributed by atoms with Crippen molar-refractivity contribution in [3.8, 4) is 22.6 Å². The summed E-state index contributed by atoms with van der Waals surface area (Å²) in [6.07, 6.45) is -4.46. The molecule has 2 nitrogen and oxygen atoms in total. The lowest BCUT2D eigenvalue weighted by molar-refractivity contribution is -0.137. The Morgan fingerprint density at radius 2 is 1.57 bits per heavy atom. The number of carbonyl (C=O) groups is 1. The lowest BCUT2D eigenvalue weighted by Gasteiger charge is -2.18. The van der Waals surface area contributed by atoms with Crippen LogP contribution in [0, 0.1) is 6.92 Å². The van der Waals surface area contributed by atoms with E-state index in [2.05, 4.69) is 0 Å². The molecule has 30 heavy (non-hydrogen) atoms. The van der Waals surface area contributed by atoms with Gasteiger partial charge in [0.1, 0.15) is 11.5 Å². The van der Waals surface area contributed by atoms with Crippen LogP contribution in [0.1, 0.15) is 21.5 Å². The second-order valence-corrected chi connectivity index (χ2v) is 6.95. The molecule has 4 aromatic rings. The van der Waals surface area contributed by atoms with Gasteiger partial charge in [-0.05, 0) is 41.6 Å². The minimum absolute atomic E-state index is 0.0147. The van der Waals surface area contributed by atoms with E-state index in [-0.39, 0.29) is 12.0 Å². The van der Waals surface area contributed by atoms with Gasteiger partial charge in [-0.25, -0.2) is 0 Å². The number of hydrogen-bond acceptors (Lipinski definition) is 2. The molecule has 0 saturated carbocycles. The van der Waals surface area contributed by atoms with Crippen molar-refractivity contribution in [2.45, 2.75) is 13.1 Å². The summed E-state index contributed by atoms with van der Waals surface area (Å²) in [4.78, 5) is 11.1. The van der Waals surface area contributed by atoms with Crippen LogP contribution in [0.25, 0.3) is 21.9 Å². The van der Waals surface area contributed by atoms with Gasteiger partial charge in [0.2, 0.25) is 0 Å². The fraction of sp³-hybridized carbons (Fsp3) is 0.0800. The third-order valence-corrected chi connectivity index (χ3v) is 4.94. The number of alkyl halides is 3. The number of aryl methyl sites for hydroxylation is 1. The fourth-order valence-corrected chi connectivity index (χ4v) is 3.58. The number of benzene rings is 4. The highest BCUT2D eigenvalue weighted by Crippen LogP contribution is 2.43. The molecule has 0 radical (unpaired) electrons. The van der Waals surface area contributed by atoms with E-state index < -0.39 is 17.3 Å². The lowest BCUT2D eigenvalue weighted by Crippen LogP contribution is -2.09. The third kappa shape index (κ3) is 3.66. The molecule has 4 rings (SSSR count). The highest BCUT2D eigenvalue weighted by molar-refractivity contribution is 5.97. The first-order chi connectivity index (χ1) is 14.4. The summed E-state index contributed by atoms with van der Waals surface area (Å²) in [5, 5.41) is 1.71. The molecule has 0 aromatic heterocycles. The Bertz CT molecular complexity index is 1230. The summed E-state index contributed by atoms with van der Waals surface area (Å²) < 4.78 is 46.3. The zero-order chi connectivity index (χ0) is 21.3. The van der Waals surface area contributed by atoms with Gasteiger partial charge in [-0.15, -0.1) is 0 Å². The molecule has 150 valence electrons. The quantitative estimate of drug-likeness (QED) is 0.329. The Balaban J connectivity index is 1.94. The summed E-state index contributed by atoms with van der Waals surface area (Å²) in [6.45, 7) is 1.94. The Morgan fingerprint density at radius 3 is 2.27 bits per heavy atom. The van der Waals surface area contributed by atoms with Gasteiger partial charge in [0.05, 0.1) is 5.56 Å². The topological polar surface area (TPSA) is 26.3 Å². The Labute approximate surface area is 171 Å². The number of halogens is 3. The number of rotatable bonds is 4. The molecule has 0 atom stereocenters. The number of ether oxygens (including phenoxy) is 1. The molecule has 4 aromatic carbocycles. The molecule has 0 fully saturated rings. The van der Waals surface area contributed by atoms with Crippen LogP contribution in [0.3, 0.4) is 0 Å². The van der Waals surface area contributed by atoms with Crippen molar-refractivity contribution in [1.82, 2.24) is 0 Å². The van der Waals surface area contributed by atoms with E-state index in [0.29, 0.717) is 5.75 Å². The van der Waals surface area contributed by atoms with Gasteiger partial charge in [-0.2, -0.15) is 13.2 Å². The van der Waals surface area contributed by atoms with Crippen LogP contribution in [0.2, 0.25) is 0 Å². The van der Waals surface area contributed by atoms with Crippen molar-refractivity contribution in [3.63, 3.8) is 0 Å². The molecule has 0 N–H and O–H groups in total. The van der Waals surface area contributed by atoms with Crippen LogP contribution in [0.15, 0.2) is 78.9 Å². The predicted octanol–water partition coefficient (Wildman–Crippen LogP) is 7.44. The number of fused-ring (bicyclic) bond motifs is 1. The molecule has 0 heterocycles. The van der Waals surface area contributed by atoms with Crippen LogP contribution in [-0.4, -0.2) is 6.29 Å². The smallest absolute Gasteiger partial charge is 0.417 e. The number of carbonyl (C=O) groups excluding carboxylic acids is 1. The minimum atomic E-state index is -4.66. The van der Waals surface area contributed by atoms with Gasteiger partial charge < -0.3 is 4.74 Å². The van der Waals surface area contributed by atoms with Crippen molar-refractivity contribution < 1.29 is 22.7 Å². The maximum absolute atomic E-state index is 13.4. The molecule has 0 aliphatic rings. The van der Waals surface area contributed by atoms with Gasteiger partial charge in [0.25, 0.3) is 0 Å². The standard InChI is InChI=1S/C25H17F3O2/c1-16-13-18-9-5-6-10-21(18)24(23(16)17-7-3-2-4-8-17)30-20-12-11-19(15-29)22(14-20)25(26,27)28/h2-15H,1H3. The van der Waals surface area contributed by atoms with E-state index in [1.165, 1.54) is 6.07 Å². The highest BCUT2D eigenvalue weighted by Gasteiger charge is 2.34. The van der Waals surface area contributed by atoms with Crippen LogP contribution in [0.5, 0.6) is 11.5 Å². The van der Waals surface area contributed by atoms with E-state index in [4.69, 9.17) is 4.74 Å². The van der Waals surface area contributed by atoms with Crippen LogP contribution in [-0.2, 0) is 6.18 Å². The van der Waals surface area contributed by atoms with E-state index in [1.54, 1.807) is 0 Å². The Kier molecular flexibility index (Phi) is 5.04. The normalized spacial score (nSPS) is 11.5. The van der Waals surface area contributed by atoms with Gasteiger partial charge >= 0.3 is 6.18 Å². The van der Waals surface area contributed by atoms with E-state index in [9.17, 15) is 18.0 Å². The van der Waals surface area contributed by atoms with E-state index in [0.717, 1.165) is 39.6 Å². The molecule has 0 saturated heterocycles. The van der Waals surface area contributed by atoms with Crippen molar-refractivity contribution in [2.24, 2.45) is 0 Å². The molecular weight excluding hydrogens is 389 g/mol. The van der Waals surface area contributed by atoms with Gasteiger partial charge in [-0.1, -0.05) is 60.7 Å². The van der Waals surface area contributed by atoms with Crippen molar-refractivity contribution in [3.05, 3.63) is 95.6 Å². The zero-order valence-corrected chi connectivity index (χ0v) is 16.0. The monoisotopic (exact) mass is 406 g/mol. The maximum Gasteiger partial charge on any atom is 0.417 e. The van der Waals surface area contributed by atoms with Gasteiger partial charge in [-0.3, -0.25) is 4.79 Å². The Morgan fingerprint density at radius 1 is 0.867 bits per heavy atom. The molecule has 0 unspecified atom stereocenters. The molecule has 5 heteroatoms. The van der Waals surface area contributed by atoms with Crippen molar-refractivity contribution in [1.29, 1.82) is 0 Å². The molecule has 0 spiro atoms. The van der Waals surface area contributed by atoms with Gasteiger partial charge in [0.15, 0.2) is 6.29 Å². The summed E-state index contributed by atoms with van der Waals surface area (Å²) >= 11 is 0. The fourth-order valence-electron chi connectivity index (χ4n) is 3.58. The van der Waals surface area contributed by atoms with Crippen molar-refractivity contribution in [2.75, 3.05) is 0 Å². The first-order valence-electron chi connectivity index (χ1n) is 9.30. The first kappa shape index (κ1) is 19.7. The zero-order valence-electron chi connectivity index (χ0n) is 16.0.